The van der Waals surface area contributed by atoms with Gasteiger partial charge >= 0.3 is 0 Å². The zero-order valence-electron chi connectivity index (χ0n) is 15.5. The van der Waals surface area contributed by atoms with Crippen molar-refractivity contribution >= 4 is 23.1 Å². The minimum Gasteiger partial charge on any atom is -0.497 e. The Hall–Kier alpha value is -3.48. The molecule has 0 bridgehead atoms. The van der Waals surface area contributed by atoms with Gasteiger partial charge in [0.25, 0.3) is 11.8 Å². The molecule has 1 heterocycles. The number of carbonyl (C=O) groups is 2. The fourth-order valence-corrected chi connectivity index (χ4v) is 2.83. The summed E-state index contributed by atoms with van der Waals surface area (Å²) in [6, 6.07) is 12.1. The second-order valence-corrected chi connectivity index (χ2v) is 5.84. The second kappa shape index (κ2) is 7.41. The third-order valence-electron chi connectivity index (χ3n) is 4.33. The van der Waals surface area contributed by atoms with Crippen LogP contribution in [-0.2, 0) is 9.59 Å². The van der Waals surface area contributed by atoms with Gasteiger partial charge in [0.1, 0.15) is 22.9 Å². The molecule has 7 nitrogen and oxygen atoms in total. The van der Waals surface area contributed by atoms with E-state index in [4.69, 9.17) is 14.2 Å². The number of anilines is 1. The molecule has 0 spiro atoms. The average Bonchev–Trinajstić information content (AvgIpc) is 2.91. The molecule has 1 aliphatic heterocycles. The molecular formula is C20H20N2O5. The van der Waals surface area contributed by atoms with E-state index in [9.17, 15) is 9.59 Å². The number of hydrogen-bond acceptors (Lipinski definition) is 6. The van der Waals surface area contributed by atoms with Crippen LogP contribution in [0.15, 0.2) is 48.2 Å². The molecule has 0 aromatic heterocycles. The summed E-state index contributed by atoms with van der Waals surface area (Å²) < 4.78 is 15.7. The number of benzene rings is 2. The molecule has 0 unspecified atom stereocenters. The van der Waals surface area contributed by atoms with Gasteiger partial charge in [0.15, 0.2) is 0 Å². The topological polar surface area (TPSA) is 77.1 Å². The van der Waals surface area contributed by atoms with Crippen molar-refractivity contribution in [3.05, 3.63) is 53.7 Å². The number of nitrogens with one attached hydrogen (secondary N) is 1. The normalized spacial score (nSPS) is 13.9. The summed E-state index contributed by atoms with van der Waals surface area (Å²) in [5, 5.41) is 3.05. The van der Waals surface area contributed by atoms with Crippen LogP contribution in [0.5, 0.6) is 17.2 Å². The van der Waals surface area contributed by atoms with Gasteiger partial charge in [-0.15, -0.1) is 0 Å². The van der Waals surface area contributed by atoms with Crippen LogP contribution < -0.4 is 19.5 Å². The molecule has 7 heteroatoms. The number of imide groups is 1. The SMILES string of the molecule is COc1ccc(C2=C(Nc3cc(OC)ccc3OC)C(=O)N(C)C2=O)cc1. The summed E-state index contributed by atoms with van der Waals surface area (Å²) in [4.78, 5) is 26.4. The van der Waals surface area contributed by atoms with Crippen molar-refractivity contribution in [2.24, 2.45) is 0 Å². The highest BCUT2D eigenvalue weighted by molar-refractivity contribution is 6.36. The van der Waals surface area contributed by atoms with Crippen molar-refractivity contribution < 1.29 is 23.8 Å². The molecule has 140 valence electrons. The Balaban J connectivity index is 2.09. The van der Waals surface area contributed by atoms with Crippen LogP contribution in [0.2, 0.25) is 0 Å². The van der Waals surface area contributed by atoms with Gasteiger partial charge in [0.05, 0.1) is 32.6 Å². The van der Waals surface area contributed by atoms with E-state index < -0.39 is 5.91 Å². The smallest absolute Gasteiger partial charge is 0.277 e. The Morgan fingerprint density at radius 2 is 1.44 bits per heavy atom. The van der Waals surface area contributed by atoms with Gasteiger partial charge in [-0.2, -0.15) is 0 Å². The molecule has 0 aliphatic carbocycles. The standard InChI is InChI=1S/C20H20N2O5/c1-22-19(23)17(12-5-7-13(25-2)8-6-12)18(20(22)24)21-15-11-14(26-3)9-10-16(15)27-4/h5-11,21H,1-4H3. The van der Waals surface area contributed by atoms with Crippen molar-refractivity contribution in [1.29, 1.82) is 0 Å². The number of rotatable bonds is 6. The fraction of sp³-hybridized carbons (Fsp3) is 0.200. The summed E-state index contributed by atoms with van der Waals surface area (Å²) >= 11 is 0. The molecule has 0 radical (unpaired) electrons. The summed E-state index contributed by atoms with van der Waals surface area (Å²) in [7, 11) is 6.09. The lowest BCUT2D eigenvalue weighted by atomic mass is 10.0. The van der Waals surface area contributed by atoms with Crippen LogP contribution in [0, 0.1) is 0 Å². The molecule has 27 heavy (non-hydrogen) atoms. The highest BCUT2D eigenvalue weighted by atomic mass is 16.5. The first-order valence-electron chi connectivity index (χ1n) is 8.20. The Labute approximate surface area is 157 Å². The van der Waals surface area contributed by atoms with E-state index >= 15 is 0 Å². The molecule has 1 aliphatic rings. The zero-order chi connectivity index (χ0) is 19.6. The molecule has 0 fully saturated rings. The number of amides is 2. The van der Waals surface area contributed by atoms with Crippen LogP contribution >= 0.6 is 0 Å². The number of likely N-dealkylation sites (N-methyl/N-ethyl adjacent to an activating group) is 1. The Bertz CT molecular complexity index is 918. The Morgan fingerprint density at radius 3 is 2.04 bits per heavy atom. The largest absolute Gasteiger partial charge is 0.497 e. The van der Waals surface area contributed by atoms with Crippen LogP contribution in [-0.4, -0.2) is 45.1 Å². The molecular weight excluding hydrogens is 348 g/mol. The molecule has 1 N–H and O–H groups in total. The maximum absolute atomic E-state index is 12.7. The van der Waals surface area contributed by atoms with Crippen LogP contribution in [0.3, 0.4) is 0 Å². The average molecular weight is 368 g/mol. The Kier molecular flexibility index (Phi) is 5.03. The first-order chi connectivity index (χ1) is 13.0. The van der Waals surface area contributed by atoms with E-state index in [1.165, 1.54) is 14.2 Å². The summed E-state index contributed by atoms with van der Waals surface area (Å²) in [6.45, 7) is 0. The number of hydrogen-bond donors (Lipinski definition) is 1. The third kappa shape index (κ3) is 3.31. The van der Waals surface area contributed by atoms with E-state index in [-0.39, 0.29) is 17.2 Å². The third-order valence-corrected chi connectivity index (χ3v) is 4.33. The highest BCUT2D eigenvalue weighted by Gasteiger charge is 2.37. The van der Waals surface area contributed by atoms with Gasteiger partial charge in [-0.1, -0.05) is 12.1 Å². The van der Waals surface area contributed by atoms with E-state index in [1.54, 1.807) is 56.7 Å². The van der Waals surface area contributed by atoms with Crippen molar-refractivity contribution in [3.8, 4) is 17.2 Å². The predicted octanol–water partition coefficient (Wildman–Crippen LogP) is 2.53. The van der Waals surface area contributed by atoms with E-state index in [0.717, 1.165) is 4.90 Å². The van der Waals surface area contributed by atoms with Gasteiger partial charge in [-0.3, -0.25) is 14.5 Å². The van der Waals surface area contributed by atoms with Crippen LogP contribution in [0.1, 0.15) is 5.56 Å². The predicted molar refractivity (Wildman–Crippen MR) is 101 cm³/mol. The molecule has 2 aromatic rings. The zero-order valence-corrected chi connectivity index (χ0v) is 15.5. The molecule has 0 saturated carbocycles. The van der Waals surface area contributed by atoms with Crippen molar-refractivity contribution in [3.63, 3.8) is 0 Å². The lowest BCUT2D eigenvalue weighted by Crippen LogP contribution is -2.27. The molecule has 2 aromatic carbocycles. The van der Waals surface area contributed by atoms with Crippen LogP contribution in [0.4, 0.5) is 5.69 Å². The monoisotopic (exact) mass is 368 g/mol. The molecule has 2 amide bonds. The quantitative estimate of drug-likeness (QED) is 0.790. The van der Waals surface area contributed by atoms with Crippen molar-refractivity contribution in [1.82, 2.24) is 4.90 Å². The maximum atomic E-state index is 12.7. The molecule has 0 atom stereocenters. The minimum atomic E-state index is -0.421. The van der Waals surface area contributed by atoms with E-state index in [2.05, 4.69) is 5.32 Å². The number of methoxy groups -OCH3 is 3. The highest BCUT2D eigenvalue weighted by Crippen LogP contribution is 2.35. The fourth-order valence-electron chi connectivity index (χ4n) is 2.83. The van der Waals surface area contributed by atoms with Crippen LogP contribution in [0.25, 0.3) is 5.57 Å². The van der Waals surface area contributed by atoms with E-state index in [1.807, 2.05) is 0 Å². The van der Waals surface area contributed by atoms with Gasteiger partial charge in [0.2, 0.25) is 0 Å². The van der Waals surface area contributed by atoms with Crippen molar-refractivity contribution in [2.75, 3.05) is 33.7 Å². The summed E-state index contributed by atoms with van der Waals surface area (Å²) in [5.41, 5.74) is 1.60. The van der Waals surface area contributed by atoms with Gasteiger partial charge < -0.3 is 19.5 Å². The first kappa shape index (κ1) is 18.3. The number of nitrogens with zero attached hydrogens (tertiary/aromatic N) is 1. The lowest BCUT2D eigenvalue weighted by Gasteiger charge is -2.14. The first-order valence-corrected chi connectivity index (χ1v) is 8.20. The molecule has 0 saturated heterocycles. The number of ether oxygens (including phenoxy) is 3. The lowest BCUT2D eigenvalue weighted by molar-refractivity contribution is -0.135. The minimum absolute atomic E-state index is 0.180. The number of carbonyl (C=O) groups excluding carboxylic acids is 2. The summed E-state index contributed by atoms with van der Waals surface area (Å²) in [6.07, 6.45) is 0. The maximum Gasteiger partial charge on any atom is 0.277 e. The van der Waals surface area contributed by atoms with Gasteiger partial charge in [-0.05, 0) is 29.8 Å². The second-order valence-electron chi connectivity index (χ2n) is 5.84. The Morgan fingerprint density at radius 1 is 0.815 bits per heavy atom. The molecule has 3 rings (SSSR count). The van der Waals surface area contributed by atoms with Gasteiger partial charge in [-0.25, -0.2) is 0 Å². The van der Waals surface area contributed by atoms with E-state index in [0.29, 0.717) is 28.5 Å². The summed E-state index contributed by atoms with van der Waals surface area (Å²) in [5.74, 6) is 0.973. The van der Waals surface area contributed by atoms with Gasteiger partial charge in [0, 0.05) is 13.1 Å². The van der Waals surface area contributed by atoms with Crippen molar-refractivity contribution in [2.45, 2.75) is 0 Å².